The summed E-state index contributed by atoms with van der Waals surface area (Å²) in [6.45, 7) is 2.48. The van der Waals surface area contributed by atoms with Crippen LogP contribution in [0.15, 0.2) is 18.2 Å². The summed E-state index contributed by atoms with van der Waals surface area (Å²) in [6.07, 6.45) is 0. The van der Waals surface area contributed by atoms with E-state index in [1.54, 1.807) is 18.2 Å². The van der Waals surface area contributed by atoms with Crippen LogP contribution in [0.5, 0.6) is 5.75 Å². The van der Waals surface area contributed by atoms with E-state index in [1.165, 1.54) is 7.11 Å². The molecule has 1 aromatic rings. The minimum Gasteiger partial charge on any atom is -0.495 e. The van der Waals surface area contributed by atoms with E-state index in [0.29, 0.717) is 17.9 Å². The number of carbonyl (C=O) groups excluding carboxylic acids is 1. The van der Waals surface area contributed by atoms with Crippen molar-refractivity contribution in [1.29, 1.82) is 0 Å². The minimum absolute atomic E-state index is 0.129. The monoisotopic (exact) mass is 178 g/mol. The Bertz CT molecular complexity index is 297. The molecule has 0 atom stereocenters. The van der Waals surface area contributed by atoms with Gasteiger partial charge in [0.05, 0.1) is 12.7 Å². The van der Waals surface area contributed by atoms with Gasteiger partial charge in [-0.25, -0.2) is 0 Å². The Morgan fingerprint density at radius 1 is 1.69 bits per heavy atom. The first-order valence-electron chi connectivity index (χ1n) is 4.12. The van der Waals surface area contributed by atoms with Gasteiger partial charge in [0.15, 0.2) is 0 Å². The third-order valence-electron chi connectivity index (χ3n) is 1.60. The van der Waals surface area contributed by atoms with Gasteiger partial charge in [-0.3, -0.25) is 4.79 Å². The van der Waals surface area contributed by atoms with Crippen molar-refractivity contribution >= 4 is 5.91 Å². The van der Waals surface area contributed by atoms with Crippen LogP contribution in [-0.2, 0) is 0 Å². The molecule has 0 saturated heterocycles. The van der Waals surface area contributed by atoms with E-state index >= 15 is 0 Å². The molecule has 1 N–H and O–H groups in total. The summed E-state index contributed by atoms with van der Waals surface area (Å²) < 4.78 is 5.00. The predicted molar refractivity (Wildman–Crippen MR) is 49.8 cm³/mol. The summed E-state index contributed by atoms with van der Waals surface area (Å²) in [4.78, 5) is 11.4. The first-order chi connectivity index (χ1) is 6.29. The highest BCUT2D eigenvalue weighted by molar-refractivity contribution is 5.96. The molecule has 0 saturated carbocycles. The Balaban J connectivity index is 2.92. The van der Waals surface area contributed by atoms with Gasteiger partial charge in [-0.15, -0.1) is 0 Å². The fourth-order valence-electron chi connectivity index (χ4n) is 1.03. The highest BCUT2D eigenvalue weighted by Crippen LogP contribution is 2.15. The van der Waals surface area contributed by atoms with E-state index in [-0.39, 0.29) is 5.91 Å². The zero-order valence-electron chi connectivity index (χ0n) is 7.76. The zero-order valence-corrected chi connectivity index (χ0v) is 7.76. The van der Waals surface area contributed by atoms with Crippen LogP contribution in [0.4, 0.5) is 0 Å². The number of benzene rings is 1. The number of nitrogens with one attached hydrogen (secondary N) is 1. The number of ether oxygens (including phenoxy) is 1. The van der Waals surface area contributed by atoms with Crippen LogP contribution in [0.1, 0.15) is 17.3 Å². The molecule has 1 amide bonds. The van der Waals surface area contributed by atoms with Crippen LogP contribution in [0.25, 0.3) is 0 Å². The Morgan fingerprint density at radius 2 is 2.46 bits per heavy atom. The topological polar surface area (TPSA) is 38.3 Å². The summed E-state index contributed by atoms with van der Waals surface area (Å²) in [5, 5.41) is 2.70. The van der Waals surface area contributed by atoms with E-state index in [1.807, 2.05) is 6.92 Å². The number of amides is 1. The lowest BCUT2D eigenvalue weighted by Crippen LogP contribution is -2.23. The summed E-state index contributed by atoms with van der Waals surface area (Å²) in [7, 11) is 1.52. The molecule has 3 nitrogen and oxygen atoms in total. The average Bonchev–Trinajstić information content (AvgIpc) is 2.18. The van der Waals surface area contributed by atoms with Gasteiger partial charge in [-0.2, -0.15) is 0 Å². The third kappa shape index (κ3) is 2.21. The molecule has 69 valence electrons. The number of methoxy groups -OCH3 is 1. The molecule has 13 heavy (non-hydrogen) atoms. The van der Waals surface area contributed by atoms with E-state index in [0.717, 1.165) is 0 Å². The van der Waals surface area contributed by atoms with Gasteiger partial charge in [-0.1, -0.05) is 12.1 Å². The molecule has 1 radical (unpaired) electrons. The molecule has 0 fully saturated rings. The van der Waals surface area contributed by atoms with Crippen LogP contribution in [0.2, 0.25) is 0 Å². The smallest absolute Gasteiger partial charge is 0.255 e. The molecule has 0 aromatic heterocycles. The van der Waals surface area contributed by atoms with Crippen molar-refractivity contribution < 1.29 is 9.53 Å². The third-order valence-corrected chi connectivity index (χ3v) is 1.60. The highest BCUT2D eigenvalue weighted by Gasteiger charge is 2.09. The molecular weight excluding hydrogens is 166 g/mol. The quantitative estimate of drug-likeness (QED) is 0.756. The van der Waals surface area contributed by atoms with E-state index < -0.39 is 0 Å². The first-order valence-corrected chi connectivity index (χ1v) is 4.12. The molecule has 0 unspecified atom stereocenters. The summed E-state index contributed by atoms with van der Waals surface area (Å²) >= 11 is 0. The lowest BCUT2D eigenvalue weighted by atomic mass is 10.2. The van der Waals surface area contributed by atoms with Crippen molar-refractivity contribution in [3.8, 4) is 5.75 Å². The summed E-state index contributed by atoms with van der Waals surface area (Å²) in [6, 6.07) is 8.02. The van der Waals surface area contributed by atoms with Crippen molar-refractivity contribution in [3.63, 3.8) is 0 Å². The van der Waals surface area contributed by atoms with Crippen LogP contribution in [-0.4, -0.2) is 19.6 Å². The van der Waals surface area contributed by atoms with Crippen molar-refractivity contribution in [1.82, 2.24) is 5.32 Å². The van der Waals surface area contributed by atoms with Crippen molar-refractivity contribution in [2.45, 2.75) is 6.92 Å². The van der Waals surface area contributed by atoms with Gasteiger partial charge in [0.25, 0.3) is 5.91 Å². The van der Waals surface area contributed by atoms with Gasteiger partial charge in [-0.05, 0) is 13.0 Å². The fourth-order valence-corrected chi connectivity index (χ4v) is 1.03. The van der Waals surface area contributed by atoms with Crippen molar-refractivity contribution in [2.24, 2.45) is 0 Å². The zero-order chi connectivity index (χ0) is 9.68. The second-order valence-electron chi connectivity index (χ2n) is 2.48. The van der Waals surface area contributed by atoms with E-state index in [4.69, 9.17) is 4.74 Å². The molecule has 0 aliphatic carbocycles. The lowest BCUT2D eigenvalue weighted by Gasteiger charge is -2.06. The lowest BCUT2D eigenvalue weighted by molar-refractivity contribution is 0.0953. The summed E-state index contributed by atoms with van der Waals surface area (Å²) in [5.41, 5.74) is 0.520. The average molecular weight is 178 g/mol. The Kier molecular flexibility index (Phi) is 3.31. The molecule has 1 rings (SSSR count). The molecule has 0 heterocycles. The maximum atomic E-state index is 11.4. The number of carbonyl (C=O) groups is 1. The normalized spacial score (nSPS) is 9.38. The molecule has 0 spiro atoms. The molecule has 0 bridgehead atoms. The number of hydrogen-bond acceptors (Lipinski definition) is 2. The van der Waals surface area contributed by atoms with Crippen LogP contribution in [0, 0.1) is 6.07 Å². The number of para-hydroxylation sites is 1. The van der Waals surface area contributed by atoms with Gasteiger partial charge in [0.2, 0.25) is 0 Å². The SMILES string of the molecule is CCNC(=O)c1ccc[c]c1OC. The van der Waals surface area contributed by atoms with E-state index in [9.17, 15) is 4.79 Å². The molecule has 3 heteroatoms. The fraction of sp³-hybridized carbons (Fsp3) is 0.300. The number of hydrogen-bond donors (Lipinski definition) is 1. The maximum Gasteiger partial charge on any atom is 0.255 e. The van der Waals surface area contributed by atoms with Crippen LogP contribution >= 0.6 is 0 Å². The maximum absolute atomic E-state index is 11.4. The van der Waals surface area contributed by atoms with Gasteiger partial charge in [0.1, 0.15) is 5.75 Å². The second kappa shape index (κ2) is 4.50. The van der Waals surface area contributed by atoms with Gasteiger partial charge < -0.3 is 10.1 Å². The van der Waals surface area contributed by atoms with Crippen LogP contribution < -0.4 is 10.1 Å². The first kappa shape index (κ1) is 9.58. The van der Waals surface area contributed by atoms with Crippen molar-refractivity contribution in [2.75, 3.05) is 13.7 Å². The number of rotatable bonds is 3. The Morgan fingerprint density at radius 3 is 3.08 bits per heavy atom. The largest absolute Gasteiger partial charge is 0.495 e. The molecule has 0 aliphatic rings. The molecule has 1 aromatic carbocycles. The standard InChI is InChI=1S/C10H12NO2/c1-3-11-10(12)8-6-4-5-7-9(8)13-2/h4-6H,3H2,1-2H3,(H,11,12). The highest BCUT2D eigenvalue weighted by atomic mass is 16.5. The van der Waals surface area contributed by atoms with Gasteiger partial charge in [0, 0.05) is 12.6 Å². The Labute approximate surface area is 77.7 Å². The van der Waals surface area contributed by atoms with Crippen LogP contribution in [0.3, 0.4) is 0 Å². The Hall–Kier alpha value is -1.51. The molecular formula is C10H12NO2. The molecule has 0 aliphatic heterocycles. The second-order valence-corrected chi connectivity index (χ2v) is 2.48. The van der Waals surface area contributed by atoms with Gasteiger partial charge >= 0.3 is 0 Å². The summed E-state index contributed by atoms with van der Waals surface area (Å²) in [5.74, 6) is 0.352. The minimum atomic E-state index is -0.129. The van der Waals surface area contributed by atoms with E-state index in [2.05, 4.69) is 11.4 Å². The van der Waals surface area contributed by atoms with Crippen molar-refractivity contribution in [3.05, 3.63) is 29.8 Å². The predicted octanol–water partition coefficient (Wildman–Crippen LogP) is 1.25.